The molecule has 1 fully saturated rings. The molecule has 0 aliphatic heterocycles. The quantitative estimate of drug-likeness (QED) is 0.192. The lowest BCUT2D eigenvalue weighted by atomic mass is 9.65. The fraction of sp³-hybridized carbons (Fsp3) is 0.265. The summed E-state index contributed by atoms with van der Waals surface area (Å²) in [5.41, 5.74) is 6.46. The van der Waals surface area contributed by atoms with Crippen LogP contribution in [0.5, 0.6) is 11.5 Å². The Labute approximate surface area is 220 Å². The molecular formula is C34H34O3. The van der Waals surface area contributed by atoms with E-state index in [1.54, 1.807) is 0 Å². The van der Waals surface area contributed by atoms with Crippen LogP contribution in [0.25, 0.3) is 0 Å². The Kier molecular flexibility index (Phi) is 7.70. The number of hydrogen-bond donors (Lipinski definition) is 0. The molecule has 4 aromatic rings. The molecule has 3 nitrogen and oxygen atoms in total. The van der Waals surface area contributed by atoms with Gasteiger partial charge in [-0.3, -0.25) is 0 Å². The molecule has 0 saturated heterocycles. The number of carbonyl (C=O) groups is 1. The zero-order chi connectivity index (χ0) is 25.5. The zero-order valence-electron chi connectivity index (χ0n) is 21.5. The largest absolute Gasteiger partial charge is 0.519 e. The van der Waals surface area contributed by atoms with Crippen molar-refractivity contribution in [1.29, 1.82) is 0 Å². The summed E-state index contributed by atoms with van der Waals surface area (Å²) in [4.78, 5) is 12.4. The fourth-order valence-corrected chi connectivity index (χ4v) is 5.48. The van der Waals surface area contributed by atoms with Gasteiger partial charge in [-0.1, -0.05) is 104 Å². The van der Waals surface area contributed by atoms with E-state index in [0.29, 0.717) is 11.5 Å². The van der Waals surface area contributed by atoms with Crippen LogP contribution in [-0.4, -0.2) is 6.16 Å². The SMILES string of the molecule is Cc1ccc(CCc2ccc(OC(=O)Oc3ccc(C4(c5ccccc5)CCCCC4)cc3)cc2)cc1. The monoisotopic (exact) mass is 490 g/mol. The van der Waals surface area contributed by atoms with E-state index in [1.807, 2.05) is 36.4 Å². The van der Waals surface area contributed by atoms with Gasteiger partial charge < -0.3 is 9.47 Å². The molecule has 0 N–H and O–H groups in total. The van der Waals surface area contributed by atoms with E-state index in [9.17, 15) is 4.79 Å². The van der Waals surface area contributed by atoms with Gasteiger partial charge in [0.05, 0.1) is 0 Å². The maximum absolute atomic E-state index is 12.4. The molecule has 37 heavy (non-hydrogen) atoms. The van der Waals surface area contributed by atoms with Crippen molar-refractivity contribution in [3.8, 4) is 11.5 Å². The Balaban J connectivity index is 1.18. The predicted octanol–water partition coefficient (Wildman–Crippen LogP) is 8.61. The average Bonchev–Trinajstić information content (AvgIpc) is 2.95. The van der Waals surface area contributed by atoms with E-state index in [0.717, 1.165) is 25.7 Å². The Hall–Kier alpha value is -3.85. The molecular weight excluding hydrogens is 456 g/mol. The first-order chi connectivity index (χ1) is 18.1. The summed E-state index contributed by atoms with van der Waals surface area (Å²) in [6.07, 6.45) is 7.20. The molecule has 0 atom stereocenters. The first-order valence-electron chi connectivity index (χ1n) is 13.3. The van der Waals surface area contributed by atoms with Crippen molar-refractivity contribution in [2.24, 2.45) is 0 Å². The Morgan fingerprint density at radius 2 is 1.11 bits per heavy atom. The molecule has 0 unspecified atom stereocenters. The topological polar surface area (TPSA) is 35.5 Å². The van der Waals surface area contributed by atoms with Crippen molar-refractivity contribution < 1.29 is 14.3 Å². The summed E-state index contributed by atoms with van der Waals surface area (Å²) in [5, 5.41) is 0. The molecule has 3 heteroatoms. The average molecular weight is 491 g/mol. The number of aryl methyl sites for hydroxylation is 3. The van der Waals surface area contributed by atoms with Crippen LogP contribution < -0.4 is 9.47 Å². The third-order valence-corrected chi connectivity index (χ3v) is 7.59. The van der Waals surface area contributed by atoms with Gasteiger partial charge in [-0.15, -0.1) is 0 Å². The van der Waals surface area contributed by atoms with Gasteiger partial charge in [-0.25, -0.2) is 4.79 Å². The van der Waals surface area contributed by atoms with Gasteiger partial charge in [-0.05, 0) is 79.1 Å². The number of rotatable bonds is 7. The molecule has 0 bridgehead atoms. The van der Waals surface area contributed by atoms with Gasteiger partial charge in [0.1, 0.15) is 11.5 Å². The van der Waals surface area contributed by atoms with Crippen LogP contribution >= 0.6 is 0 Å². The molecule has 0 aromatic heterocycles. The summed E-state index contributed by atoms with van der Waals surface area (Å²) < 4.78 is 10.9. The highest BCUT2D eigenvalue weighted by Crippen LogP contribution is 2.45. The van der Waals surface area contributed by atoms with Crippen molar-refractivity contribution in [2.75, 3.05) is 0 Å². The van der Waals surface area contributed by atoms with Crippen molar-refractivity contribution >= 4 is 6.16 Å². The highest BCUT2D eigenvalue weighted by atomic mass is 16.7. The van der Waals surface area contributed by atoms with Gasteiger partial charge in [0.2, 0.25) is 0 Å². The van der Waals surface area contributed by atoms with Gasteiger partial charge >= 0.3 is 6.16 Å². The van der Waals surface area contributed by atoms with Crippen molar-refractivity contribution in [3.05, 3.63) is 131 Å². The maximum Gasteiger partial charge on any atom is 0.519 e. The first-order valence-corrected chi connectivity index (χ1v) is 13.3. The third-order valence-electron chi connectivity index (χ3n) is 7.59. The molecule has 5 rings (SSSR count). The second-order valence-electron chi connectivity index (χ2n) is 10.1. The van der Waals surface area contributed by atoms with Gasteiger partial charge in [0, 0.05) is 5.41 Å². The number of ether oxygens (including phenoxy) is 2. The van der Waals surface area contributed by atoms with Crippen LogP contribution in [-0.2, 0) is 18.3 Å². The van der Waals surface area contributed by atoms with E-state index in [1.165, 1.54) is 47.1 Å². The Morgan fingerprint density at radius 3 is 1.68 bits per heavy atom. The van der Waals surface area contributed by atoms with Gasteiger partial charge in [0.25, 0.3) is 0 Å². The first kappa shape index (κ1) is 24.8. The van der Waals surface area contributed by atoms with Crippen LogP contribution in [0, 0.1) is 6.92 Å². The van der Waals surface area contributed by atoms with E-state index < -0.39 is 6.16 Å². The molecule has 0 spiro atoms. The van der Waals surface area contributed by atoms with Crippen LogP contribution in [0.15, 0.2) is 103 Å². The molecule has 0 amide bonds. The summed E-state index contributed by atoms with van der Waals surface area (Å²) >= 11 is 0. The molecule has 4 aromatic carbocycles. The fourth-order valence-electron chi connectivity index (χ4n) is 5.48. The number of carbonyl (C=O) groups excluding carboxylic acids is 1. The summed E-state index contributed by atoms with van der Waals surface area (Å²) in [6, 6.07) is 35.0. The van der Waals surface area contributed by atoms with E-state index in [-0.39, 0.29) is 5.41 Å². The van der Waals surface area contributed by atoms with E-state index in [2.05, 4.69) is 73.7 Å². The minimum Gasteiger partial charge on any atom is -0.395 e. The highest BCUT2D eigenvalue weighted by Gasteiger charge is 2.35. The molecule has 0 radical (unpaired) electrons. The van der Waals surface area contributed by atoms with Gasteiger partial charge in [0.15, 0.2) is 0 Å². The Morgan fingerprint density at radius 1 is 0.622 bits per heavy atom. The second-order valence-corrected chi connectivity index (χ2v) is 10.1. The van der Waals surface area contributed by atoms with Gasteiger partial charge in [-0.2, -0.15) is 0 Å². The standard InChI is InChI=1S/C34H34O3/c1-26-10-12-27(13-11-26)14-15-28-16-20-31(21-17-28)36-33(35)37-32-22-18-30(19-23-32)34(24-6-3-7-25-34)29-8-4-2-5-9-29/h2,4-5,8-13,16-23H,3,6-7,14-15,24-25H2,1H3. The molecule has 1 aliphatic carbocycles. The minimum absolute atomic E-state index is 0.0275. The highest BCUT2D eigenvalue weighted by molar-refractivity contribution is 5.67. The zero-order valence-corrected chi connectivity index (χ0v) is 21.5. The van der Waals surface area contributed by atoms with Crippen LogP contribution in [0.4, 0.5) is 4.79 Å². The normalized spacial score (nSPS) is 14.6. The van der Waals surface area contributed by atoms with E-state index in [4.69, 9.17) is 9.47 Å². The van der Waals surface area contributed by atoms with Crippen LogP contribution in [0.3, 0.4) is 0 Å². The molecule has 1 saturated carbocycles. The summed E-state index contributed by atoms with van der Waals surface area (Å²) in [7, 11) is 0. The lowest BCUT2D eigenvalue weighted by Gasteiger charge is -2.38. The second kappa shape index (κ2) is 11.5. The van der Waals surface area contributed by atoms with Crippen LogP contribution in [0.2, 0.25) is 0 Å². The number of hydrogen-bond acceptors (Lipinski definition) is 3. The third kappa shape index (κ3) is 6.11. The summed E-state index contributed by atoms with van der Waals surface area (Å²) in [6.45, 7) is 2.10. The Bertz CT molecular complexity index is 1280. The lowest BCUT2D eigenvalue weighted by Crippen LogP contribution is -2.30. The smallest absolute Gasteiger partial charge is 0.395 e. The van der Waals surface area contributed by atoms with E-state index >= 15 is 0 Å². The lowest BCUT2D eigenvalue weighted by molar-refractivity contribution is 0.152. The van der Waals surface area contributed by atoms with Crippen molar-refractivity contribution in [3.63, 3.8) is 0 Å². The maximum atomic E-state index is 12.4. The molecule has 0 heterocycles. The predicted molar refractivity (Wildman–Crippen MR) is 148 cm³/mol. The minimum atomic E-state index is -0.726. The summed E-state index contributed by atoms with van der Waals surface area (Å²) in [5.74, 6) is 0.966. The van der Waals surface area contributed by atoms with Crippen molar-refractivity contribution in [1.82, 2.24) is 0 Å². The van der Waals surface area contributed by atoms with Crippen LogP contribution in [0.1, 0.15) is 59.9 Å². The van der Waals surface area contributed by atoms with Crippen molar-refractivity contribution in [2.45, 2.75) is 57.3 Å². The molecule has 188 valence electrons. The molecule has 1 aliphatic rings. The number of benzene rings is 4.